The van der Waals surface area contributed by atoms with Gasteiger partial charge in [0, 0.05) is 6.54 Å². The van der Waals surface area contributed by atoms with Gasteiger partial charge >= 0.3 is 0 Å². The van der Waals surface area contributed by atoms with Gasteiger partial charge in [-0.1, -0.05) is 13.8 Å². The molecule has 0 aliphatic carbocycles. The average Bonchev–Trinajstić information content (AvgIpc) is 3.37. The fraction of sp³-hybridized carbons (Fsp3) is 0.700. The minimum atomic E-state index is -3.68. The molecule has 3 aliphatic rings. The molecule has 8 nitrogen and oxygen atoms in total. The molecule has 3 atom stereocenters. The number of rotatable bonds is 5. The molecule has 9 heteroatoms. The molecule has 4 rings (SSSR count). The Morgan fingerprint density at radius 3 is 2.52 bits per heavy atom. The summed E-state index contributed by atoms with van der Waals surface area (Å²) < 4.78 is 31.3. The highest BCUT2D eigenvalue weighted by atomic mass is 32.2. The number of likely N-dealkylation sites (tertiary alicyclic amines) is 2. The Bertz CT molecular complexity index is 903. The van der Waals surface area contributed by atoms with Gasteiger partial charge in [-0.25, -0.2) is 12.7 Å². The Labute approximate surface area is 171 Å². The molecule has 4 heterocycles. The Balaban J connectivity index is 1.57. The van der Waals surface area contributed by atoms with Gasteiger partial charge in [0.2, 0.25) is 15.9 Å². The number of amides is 2. The molecule has 3 fully saturated rings. The van der Waals surface area contributed by atoms with E-state index in [1.807, 2.05) is 19.9 Å². The van der Waals surface area contributed by atoms with Crippen LogP contribution in [-0.4, -0.2) is 72.3 Å². The summed E-state index contributed by atoms with van der Waals surface area (Å²) in [6.45, 7) is 6.98. The van der Waals surface area contributed by atoms with E-state index in [1.165, 1.54) is 12.8 Å². The predicted molar refractivity (Wildman–Crippen MR) is 106 cm³/mol. The summed E-state index contributed by atoms with van der Waals surface area (Å²) in [6.07, 6.45) is 3.89. The van der Waals surface area contributed by atoms with Crippen molar-refractivity contribution in [3.05, 3.63) is 23.7 Å². The smallest absolute Gasteiger partial charge is 0.289 e. The maximum Gasteiger partial charge on any atom is 0.289 e. The van der Waals surface area contributed by atoms with E-state index in [-0.39, 0.29) is 17.6 Å². The molecule has 3 saturated heterocycles. The molecule has 1 aromatic heterocycles. The minimum absolute atomic E-state index is 0.0718. The van der Waals surface area contributed by atoms with Crippen LogP contribution in [0.4, 0.5) is 0 Å². The van der Waals surface area contributed by atoms with E-state index in [0.29, 0.717) is 19.5 Å². The summed E-state index contributed by atoms with van der Waals surface area (Å²) in [6, 6.07) is 2.59. The van der Waals surface area contributed by atoms with Gasteiger partial charge < -0.3 is 9.32 Å². The number of fused-ring (bicyclic) bond motifs is 1. The molecule has 0 saturated carbocycles. The number of furan rings is 1. The third kappa shape index (κ3) is 3.59. The van der Waals surface area contributed by atoms with Crippen LogP contribution in [0.5, 0.6) is 0 Å². The van der Waals surface area contributed by atoms with Crippen LogP contribution in [0.25, 0.3) is 0 Å². The van der Waals surface area contributed by atoms with Crippen molar-refractivity contribution < 1.29 is 22.4 Å². The number of hydrogen-bond donors (Lipinski definition) is 0. The first-order valence-electron chi connectivity index (χ1n) is 10.3. The zero-order valence-electron chi connectivity index (χ0n) is 17.2. The molecule has 1 aromatic rings. The van der Waals surface area contributed by atoms with Gasteiger partial charge in [0.15, 0.2) is 5.76 Å². The van der Waals surface area contributed by atoms with E-state index in [4.69, 9.17) is 4.42 Å². The number of sulfonamides is 1. The van der Waals surface area contributed by atoms with Gasteiger partial charge in [-0.05, 0) is 50.4 Å². The minimum Gasteiger partial charge on any atom is -0.455 e. The van der Waals surface area contributed by atoms with Gasteiger partial charge in [0.1, 0.15) is 5.76 Å². The van der Waals surface area contributed by atoms with Crippen molar-refractivity contribution in [3.8, 4) is 0 Å². The molecular formula is C20H29N3O5S. The Morgan fingerprint density at radius 1 is 1.21 bits per heavy atom. The van der Waals surface area contributed by atoms with Crippen LogP contribution in [0, 0.1) is 11.8 Å². The standard InChI is InChI=1S/C20H29N3O5S/c1-13(2)17-18-15(23(20(17)25)29(3,26)27)8-11-22(18)19(24)16-7-6-14(28-16)12-21-9-4-5-10-21/h6-7,13,15,17-18H,4-5,8-12H2,1-3H3/t15-,17+,18-/m1/s1. The first kappa shape index (κ1) is 20.4. The number of nitrogens with zero attached hydrogens (tertiary/aromatic N) is 3. The van der Waals surface area contributed by atoms with Crippen LogP contribution in [0.3, 0.4) is 0 Å². The van der Waals surface area contributed by atoms with E-state index in [1.54, 1.807) is 11.0 Å². The van der Waals surface area contributed by atoms with Crippen LogP contribution in [0.1, 0.15) is 49.4 Å². The first-order valence-corrected chi connectivity index (χ1v) is 12.2. The van der Waals surface area contributed by atoms with Gasteiger partial charge in [-0.2, -0.15) is 0 Å². The van der Waals surface area contributed by atoms with Crippen LogP contribution >= 0.6 is 0 Å². The lowest BCUT2D eigenvalue weighted by Gasteiger charge is -2.28. The van der Waals surface area contributed by atoms with Crippen molar-refractivity contribution >= 4 is 21.8 Å². The third-order valence-corrected chi connectivity index (χ3v) is 7.54. The van der Waals surface area contributed by atoms with Gasteiger partial charge in [0.05, 0.1) is 30.8 Å². The SMILES string of the molecule is CC(C)[C@@H]1C(=O)N(S(C)(=O)=O)[C@@H]2CCN(C(=O)c3ccc(CN4CCCC4)o3)[C@H]21. The summed E-state index contributed by atoms with van der Waals surface area (Å²) in [4.78, 5) is 30.0. The Morgan fingerprint density at radius 2 is 1.90 bits per heavy atom. The van der Waals surface area contributed by atoms with Crippen molar-refractivity contribution in [3.63, 3.8) is 0 Å². The summed E-state index contributed by atoms with van der Waals surface area (Å²) in [5, 5.41) is 0. The molecule has 2 amide bonds. The molecule has 160 valence electrons. The van der Waals surface area contributed by atoms with Crippen LogP contribution in [-0.2, 0) is 21.4 Å². The van der Waals surface area contributed by atoms with E-state index < -0.39 is 33.9 Å². The molecule has 3 aliphatic heterocycles. The van der Waals surface area contributed by atoms with E-state index in [0.717, 1.165) is 29.4 Å². The van der Waals surface area contributed by atoms with E-state index in [9.17, 15) is 18.0 Å². The summed E-state index contributed by atoms with van der Waals surface area (Å²) in [5.74, 6) is -0.250. The van der Waals surface area contributed by atoms with Crippen LogP contribution in [0.2, 0.25) is 0 Å². The lowest BCUT2D eigenvalue weighted by Crippen LogP contribution is -2.44. The Kier molecular flexibility index (Phi) is 5.23. The quantitative estimate of drug-likeness (QED) is 0.713. The molecule has 0 N–H and O–H groups in total. The highest BCUT2D eigenvalue weighted by Gasteiger charge is 2.58. The van der Waals surface area contributed by atoms with Gasteiger partial charge in [-0.3, -0.25) is 14.5 Å². The van der Waals surface area contributed by atoms with Crippen molar-refractivity contribution in [2.45, 2.75) is 51.7 Å². The van der Waals surface area contributed by atoms with E-state index >= 15 is 0 Å². The normalized spacial score (nSPS) is 28.0. The fourth-order valence-electron chi connectivity index (χ4n) is 5.15. The zero-order valence-corrected chi connectivity index (χ0v) is 18.0. The van der Waals surface area contributed by atoms with Crippen LogP contribution in [0.15, 0.2) is 16.5 Å². The lowest BCUT2D eigenvalue weighted by molar-refractivity contribution is -0.129. The first-order chi connectivity index (χ1) is 13.7. The molecule has 0 spiro atoms. The molecule has 0 aromatic carbocycles. The summed E-state index contributed by atoms with van der Waals surface area (Å²) >= 11 is 0. The van der Waals surface area contributed by atoms with Crippen LogP contribution < -0.4 is 0 Å². The largest absolute Gasteiger partial charge is 0.455 e. The summed E-state index contributed by atoms with van der Waals surface area (Å²) in [5.41, 5.74) is 0. The maximum atomic E-state index is 13.2. The molecule has 0 radical (unpaired) electrons. The molecule has 0 bridgehead atoms. The highest BCUT2D eigenvalue weighted by Crippen LogP contribution is 2.41. The number of carbonyl (C=O) groups excluding carboxylic acids is 2. The van der Waals surface area contributed by atoms with Gasteiger partial charge in [0.25, 0.3) is 5.91 Å². The second kappa shape index (κ2) is 7.43. The van der Waals surface area contributed by atoms with Crippen molar-refractivity contribution in [2.24, 2.45) is 11.8 Å². The average molecular weight is 424 g/mol. The number of hydrogen-bond acceptors (Lipinski definition) is 6. The summed E-state index contributed by atoms with van der Waals surface area (Å²) in [7, 11) is -3.68. The topological polar surface area (TPSA) is 91.1 Å². The fourth-order valence-corrected chi connectivity index (χ4v) is 6.32. The molecule has 0 unspecified atom stereocenters. The van der Waals surface area contributed by atoms with E-state index in [2.05, 4.69) is 4.90 Å². The lowest BCUT2D eigenvalue weighted by atomic mass is 9.88. The molecule has 29 heavy (non-hydrogen) atoms. The van der Waals surface area contributed by atoms with Crippen molar-refractivity contribution in [2.75, 3.05) is 25.9 Å². The third-order valence-electron chi connectivity index (χ3n) is 6.38. The Hall–Kier alpha value is -1.87. The highest BCUT2D eigenvalue weighted by molar-refractivity contribution is 7.88. The van der Waals surface area contributed by atoms with Crippen molar-refractivity contribution in [1.82, 2.24) is 14.1 Å². The maximum absolute atomic E-state index is 13.2. The zero-order chi connectivity index (χ0) is 20.9. The van der Waals surface area contributed by atoms with Gasteiger partial charge in [-0.15, -0.1) is 0 Å². The number of carbonyl (C=O) groups is 2. The second-order valence-electron chi connectivity index (χ2n) is 8.76. The molecular weight excluding hydrogens is 394 g/mol. The monoisotopic (exact) mass is 423 g/mol. The predicted octanol–water partition coefficient (Wildman–Crippen LogP) is 1.53. The second-order valence-corrected chi connectivity index (χ2v) is 10.6. The van der Waals surface area contributed by atoms with Crippen molar-refractivity contribution in [1.29, 1.82) is 0 Å².